The van der Waals surface area contributed by atoms with E-state index < -0.39 is 9.84 Å². The van der Waals surface area contributed by atoms with Crippen molar-refractivity contribution in [2.24, 2.45) is 0 Å². The molecule has 104 valence electrons. The van der Waals surface area contributed by atoms with Gasteiger partial charge in [0.05, 0.1) is 17.1 Å². The second kappa shape index (κ2) is 5.38. The third-order valence-electron chi connectivity index (χ3n) is 3.09. The molecule has 1 heterocycles. The Balaban J connectivity index is 2.22. The minimum absolute atomic E-state index is 0.000783. The molecule has 1 aliphatic heterocycles. The van der Waals surface area contributed by atoms with E-state index in [9.17, 15) is 13.2 Å². The van der Waals surface area contributed by atoms with Gasteiger partial charge in [0.1, 0.15) is 0 Å². The van der Waals surface area contributed by atoms with E-state index in [0.29, 0.717) is 29.2 Å². The molecule has 0 radical (unpaired) electrons. The number of carbonyl (C=O) groups is 1. The molecule has 5 nitrogen and oxygen atoms in total. The van der Waals surface area contributed by atoms with Crippen molar-refractivity contribution in [1.82, 2.24) is 4.90 Å². The van der Waals surface area contributed by atoms with Crippen LogP contribution in [-0.4, -0.2) is 43.8 Å². The number of rotatable bonds is 1. The maximum Gasteiger partial charge on any atom is 0.256 e. The van der Waals surface area contributed by atoms with Crippen LogP contribution in [0.4, 0.5) is 5.69 Å². The number of benzene rings is 1. The summed E-state index contributed by atoms with van der Waals surface area (Å²) in [5.41, 5.74) is 6.44. The van der Waals surface area contributed by atoms with Gasteiger partial charge in [-0.2, -0.15) is 0 Å². The highest BCUT2D eigenvalue weighted by Gasteiger charge is 2.24. The third-order valence-corrected chi connectivity index (χ3v) is 5.04. The van der Waals surface area contributed by atoms with Crippen LogP contribution >= 0.6 is 11.6 Å². The quantitative estimate of drug-likeness (QED) is 0.790. The smallest absolute Gasteiger partial charge is 0.256 e. The van der Waals surface area contributed by atoms with Crippen LogP contribution in [0.3, 0.4) is 0 Å². The Morgan fingerprint density at radius 1 is 1.26 bits per heavy atom. The molecule has 0 atom stereocenters. The molecule has 2 N–H and O–H groups in total. The lowest BCUT2D eigenvalue weighted by Gasteiger charge is -2.20. The summed E-state index contributed by atoms with van der Waals surface area (Å²) in [7, 11) is -3.04. The van der Waals surface area contributed by atoms with Gasteiger partial charge < -0.3 is 10.6 Å². The fourth-order valence-corrected chi connectivity index (χ4v) is 3.47. The molecule has 0 aliphatic carbocycles. The van der Waals surface area contributed by atoms with Crippen LogP contribution in [0, 0.1) is 0 Å². The third kappa shape index (κ3) is 3.39. The van der Waals surface area contributed by atoms with E-state index in [1.165, 1.54) is 11.0 Å². The van der Waals surface area contributed by atoms with Gasteiger partial charge in [-0.3, -0.25) is 4.79 Å². The van der Waals surface area contributed by atoms with Crippen molar-refractivity contribution in [3.8, 4) is 0 Å². The summed E-state index contributed by atoms with van der Waals surface area (Å²) < 4.78 is 23.0. The van der Waals surface area contributed by atoms with Gasteiger partial charge in [-0.05, 0) is 24.6 Å². The van der Waals surface area contributed by atoms with Crippen LogP contribution < -0.4 is 5.73 Å². The average Bonchev–Trinajstić information content (AvgIpc) is 2.52. The largest absolute Gasteiger partial charge is 0.398 e. The lowest BCUT2D eigenvalue weighted by atomic mass is 10.1. The molecule has 0 bridgehead atoms. The highest BCUT2D eigenvalue weighted by molar-refractivity contribution is 7.91. The Bertz CT molecular complexity index is 601. The van der Waals surface area contributed by atoms with Gasteiger partial charge in [0, 0.05) is 23.8 Å². The SMILES string of the molecule is Nc1ccc(Cl)cc1C(=O)N1CCCS(=O)(=O)CC1. The summed E-state index contributed by atoms with van der Waals surface area (Å²) in [5.74, 6) is -0.141. The molecule has 1 aromatic carbocycles. The van der Waals surface area contributed by atoms with Gasteiger partial charge in [0.2, 0.25) is 0 Å². The van der Waals surface area contributed by atoms with E-state index in [-0.39, 0.29) is 24.0 Å². The van der Waals surface area contributed by atoms with Crippen LogP contribution in [-0.2, 0) is 9.84 Å². The highest BCUT2D eigenvalue weighted by atomic mass is 35.5. The average molecular weight is 303 g/mol. The molecule has 2 rings (SSSR count). The van der Waals surface area contributed by atoms with Crippen LogP contribution in [0.5, 0.6) is 0 Å². The molecule has 1 amide bonds. The number of carbonyl (C=O) groups excluding carboxylic acids is 1. The zero-order valence-electron chi connectivity index (χ0n) is 10.3. The van der Waals surface area contributed by atoms with Crippen molar-refractivity contribution in [2.75, 3.05) is 30.3 Å². The van der Waals surface area contributed by atoms with Crippen LogP contribution in [0.1, 0.15) is 16.8 Å². The van der Waals surface area contributed by atoms with Crippen LogP contribution in [0.25, 0.3) is 0 Å². The summed E-state index contributed by atoms with van der Waals surface area (Å²) in [6.07, 6.45) is 0.453. The normalized spacial score (nSPS) is 18.9. The van der Waals surface area contributed by atoms with Gasteiger partial charge >= 0.3 is 0 Å². The molecule has 19 heavy (non-hydrogen) atoms. The maximum atomic E-state index is 12.3. The molecular weight excluding hydrogens is 288 g/mol. The van der Waals surface area contributed by atoms with Gasteiger partial charge in [0.15, 0.2) is 9.84 Å². The Morgan fingerprint density at radius 2 is 2.00 bits per heavy atom. The van der Waals surface area contributed by atoms with Crippen molar-refractivity contribution < 1.29 is 13.2 Å². The topological polar surface area (TPSA) is 80.5 Å². The zero-order valence-corrected chi connectivity index (χ0v) is 11.9. The summed E-state index contributed by atoms with van der Waals surface area (Å²) in [6.45, 7) is 0.622. The van der Waals surface area contributed by atoms with Gasteiger partial charge in [-0.1, -0.05) is 11.6 Å². The number of nitrogens with zero attached hydrogens (tertiary/aromatic N) is 1. The molecule has 0 saturated carbocycles. The standard InChI is InChI=1S/C12H15ClN2O3S/c13-9-2-3-11(14)10(8-9)12(16)15-4-1-6-19(17,18)7-5-15/h2-3,8H,1,4-7,14H2. The lowest BCUT2D eigenvalue weighted by Crippen LogP contribution is -2.34. The van der Waals surface area contributed by atoms with E-state index in [2.05, 4.69) is 0 Å². The highest BCUT2D eigenvalue weighted by Crippen LogP contribution is 2.20. The lowest BCUT2D eigenvalue weighted by molar-refractivity contribution is 0.0769. The summed E-state index contributed by atoms with van der Waals surface area (Å²) in [4.78, 5) is 13.8. The molecule has 1 fully saturated rings. The summed E-state index contributed by atoms with van der Waals surface area (Å²) in [5, 5.41) is 0.431. The fraction of sp³-hybridized carbons (Fsp3) is 0.417. The molecule has 0 spiro atoms. The van der Waals surface area contributed by atoms with Crippen molar-refractivity contribution in [2.45, 2.75) is 6.42 Å². The summed E-state index contributed by atoms with van der Waals surface area (Å²) >= 11 is 5.86. The number of amides is 1. The molecule has 7 heteroatoms. The number of halogens is 1. The molecular formula is C12H15ClN2O3S. The first-order chi connectivity index (χ1) is 8.89. The zero-order chi connectivity index (χ0) is 14.0. The number of sulfone groups is 1. The number of anilines is 1. The Labute approximate surface area is 117 Å². The minimum Gasteiger partial charge on any atom is -0.398 e. The fourth-order valence-electron chi connectivity index (χ4n) is 2.03. The maximum absolute atomic E-state index is 12.3. The Hall–Kier alpha value is -1.27. The summed E-state index contributed by atoms with van der Waals surface area (Å²) in [6, 6.07) is 4.70. The monoisotopic (exact) mass is 302 g/mol. The van der Waals surface area contributed by atoms with Gasteiger partial charge in [0.25, 0.3) is 5.91 Å². The predicted molar refractivity (Wildman–Crippen MR) is 75.0 cm³/mol. The molecule has 1 aliphatic rings. The second-order valence-corrected chi connectivity index (χ2v) is 7.27. The molecule has 0 aromatic heterocycles. The van der Waals surface area contributed by atoms with Crippen molar-refractivity contribution in [3.05, 3.63) is 28.8 Å². The first kappa shape index (κ1) is 14.1. The van der Waals surface area contributed by atoms with E-state index in [1.807, 2.05) is 0 Å². The second-order valence-electron chi connectivity index (χ2n) is 4.53. The van der Waals surface area contributed by atoms with E-state index in [0.717, 1.165) is 0 Å². The number of hydrogen-bond donors (Lipinski definition) is 1. The first-order valence-electron chi connectivity index (χ1n) is 5.94. The molecule has 1 aromatic rings. The molecule has 1 saturated heterocycles. The number of nitrogen functional groups attached to an aromatic ring is 1. The van der Waals surface area contributed by atoms with Crippen molar-refractivity contribution in [1.29, 1.82) is 0 Å². The number of nitrogens with two attached hydrogens (primary N) is 1. The van der Waals surface area contributed by atoms with E-state index in [1.54, 1.807) is 12.1 Å². The van der Waals surface area contributed by atoms with Gasteiger partial charge in [-0.25, -0.2) is 8.42 Å². The van der Waals surface area contributed by atoms with E-state index >= 15 is 0 Å². The van der Waals surface area contributed by atoms with Crippen LogP contribution in [0.2, 0.25) is 5.02 Å². The number of hydrogen-bond acceptors (Lipinski definition) is 4. The Kier molecular flexibility index (Phi) is 4.01. The first-order valence-corrected chi connectivity index (χ1v) is 8.14. The molecule has 0 unspecified atom stereocenters. The minimum atomic E-state index is -3.04. The van der Waals surface area contributed by atoms with Crippen molar-refractivity contribution in [3.63, 3.8) is 0 Å². The van der Waals surface area contributed by atoms with E-state index in [4.69, 9.17) is 17.3 Å². The predicted octanol–water partition coefficient (Wildman–Crippen LogP) is 1.18. The Morgan fingerprint density at radius 3 is 2.74 bits per heavy atom. The van der Waals surface area contributed by atoms with Gasteiger partial charge in [-0.15, -0.1) is 0 Å². The van der Waals surface area contributed by atoms with Crippen molar-refractivity contribution >= 4 is 33.0 Å². The van der Waals surface area contributed by atoms with Crippen LogP contribution in [0.15, 0.2) is 18.2 Å².